The van der Waals surface area contributed by atoms with Crippen molar-refractivity contribution >= 4 is 5.97 Å². The van der Waals surface area contributed by atoms with Crippen LogP contribution in [0.3, 0.4) is 0 Å². The van der Waals surface area contributed by atoms with Crippen molar-refractivity contribution in [3.05, 3.63) is 35.9 Å². The smallest absolute Gasteiger partial charge is 0.312 e. The summed E-state index contributed by atoms with van der Waals surface area (Å²) in [5.74, 6) is -1.19. The molecular formula is C17H24N2O2. The minimum absolute atomic E-state index is 0.451. The summed E-state index contributed by atoms with van der Waals surface area (Å²) in [5.41, 5.74) is 0.885. The zero-order valence-corrected chi connectivity index (χ0v) is 12.4. The highest BCUT2D eigenvalue weighted by Gasteiger charge is 2.32. The van der Waals surface area contributed by atoms with Gasteiger partial charge in [-0.05, 0) is 44.3 Å². The fraction of sp³-hybridized carbons (Fsp3) is 0.588. The number of carboxylic acid groups (broad SMARTS) is 1. The van der Waals surface area contributed by atoms with E-state index < -0.39 is 11.9 Å². The van der Waals surface area contributed by atoms with E-state index in [0.717, 1.165) is 24.6 Å². The molecule has 2 fully saturated rings. The molecule has 0 bridgehead atoms. The van der Waals surface area contributed by atoms with Crippen molar-refractivity contribution in [2.24, 2.45) is 0 Å². The molecule has 4 nitrogen and oxygen atoms in total. The second-order valence-electron chi connectivity index (χ2n) is 6.26. The predicted octanol–water partition coefficient (Wildman–Crippen LogP) is 2.07. The SMILES string of the molecule is O=C(O)C(CNC1CCN2CCCC2C1)c1ccccc1. The first kappa shape index (κ1) is 14.5. The first-order valence-corrected chi connectivity index (χ1v) is 7.99. The van der Waals surface area contributed by atoms with E-state index in [-0.39, 0.29) is 0 Å². The number of fused-ring (bicyclic) bond motifs is 1. The lowest BCUT2D eigenvalue weighted by Gasteiger charge is -2.35. The van der Waals surface area contributed by atoms with Crippen LogP contribution in [-0.4, -0.2) is 47.7 Å². The van der Waals surface area contributed by atoms with Crippen molar-refractivity contribution in [3.63, 3.8) is 0 Å². The van der Waals surface area contributed by atoms with Crippen LogP contribution in [0.15, 0.2) is 30.3 Å². The second kappa shape index (κ2) is 6.58. The maximum atomic E-state index is 11.5. The number of aliphatic carboxylic acids is 1. The van der Waals surface area contributed by atoms with Crippen molar-refractivity contribution < 1.29 is 9.90 Å². The fourth-order valence-corrected chi connectivity index (χ4v) is 3.73. The average Bonchev–Trinajstić information content (AvgIpc) is 2.96. The van der Waals surface area contributed by atoms with Gasteiger partial charge in [-0.2, -0.15) is 0 Å². The average molecular weight is 288 g/mol. The van der Waals surface area contributed by atoms with Gasteiger partial charge >= 0.3 is 5.97 Å². The molecule has 0 aliphatic carbocycles. The number of hydrogen-bond acceptors (Lipinski definition) is 3. The molecule has 1 aromatic carbocycles. The summed E-state index contributed by atoms with van der Waals surface area (Å²) in [5, 5.41) is 13.0. The third-order valence-electron chi connectivity index (χ3n) is 4.93. The Bertz CT molecular complexity index is 477. The van der Waals surface area contributed by atoms with Gasteiger partial charge in [-0.25, -0.2) is 0 Å². The summed E-state index contributed by atoms with van der Waals surface area (Å²) >= 11 is 0. The van der Waals surface area contributed by atoms with E-state index >= 15 is 0 Å². The monoisotopic (exact) mass is 288 g/mol. The Labute approximate surface area is 126 Å². The number of benzene rings is 1. The topological polar surface area (TPSA) is 52.6 Å². The van der Waals surface area contributed by atoms with Crippen LogP contribution in [0.25, 0.3) is 0 Å². The highest BCUT2D eigenvalue weighted by atomic mass is 16.4. The Morgan fingerprint density at radius 2 is 2.10 bits per heavy atom. The van der Waals surface area contributed by atoms with Crippen molar-refractivity contribution in [1.29, 1.82) is 0 Å². The largest absolute Gasteiger partial charge is 0.481 e. The number of rotatable bonds is 5. The van der Waals surface area contributed by atoms with Gasteiger partial charge in [0.1, 0.15) is 0 Å². The van der Waals surface area contributed by atoms with Crippen LogP contribution in [0.2, 0.25) is 0 Å². The van der Waals surface area contributed by atoms with Gasteiger partial charge in [0.05, 0.1) is 5.92 Å². The molecule has 2 aliphatic heterocycles. The Hall–Kier alpha value is -1.39. The van der Waals surface area contributed by atoms with E-state index in [1.807, 2.05) is 30.3 Å². The molecule has 0 spiro atoms. The third-order valence-corrected chi connectivity index (χ3v) is 4.93. The van der Waals surface area contributed by atoms with Gasteiger partial charge in [-0.15, -0.1) is 0 Å². The molecule has 2 N–H and O–H groups in total. The second-order valence-corrected chi connectivity index (χ2v) is 6.26. The molecule has 2 saturated heterocycles. The fourth-order valence-electron chi connectivity index (χ4n) is 3.73. The zero-order valence-electron chi connectivity index (χ0n) is 12.4. The highest BCUT2D eigenvalue weighted by Crippen LogP contribution is 2.27. The molecule has 0 radical (unpaired) electrons. The van der Waals surface area contributed by atoms with Crippen LogP contribution in [-0.2, 0) is 4.79 Å². The number of nitrogens with one attached hydrogen (secondary N) is 1. The predicted molar refractivity (Wildman–Crippen MR) is 82.4 cm³/mol. The molecular weight excluding hydrogens is 264 g/mol. The Balaban J connectivity index is 1.56. The Morgan fingerprint density at radius 3 is 2.86 bits per heavy atom. The summed E-state index contributed by atoms with van der Waals surface area (Å²) < 4.78 is 0. The lowest BCUT2D eigenvalue weighted by Crippen LogP contribution is -2.46. The molecule has 4 heteroatoms. The van der Waals surface area contributed by atoms with E-state index in [2.05, 4.69) is 10.2 Å². The Kier molecular flexibility index (Phi) is 4.56. The van der Waals surface area contributed by atoms with Crippen LogP contribution in [0.4, 0.5) is 0 Å². The van der Waals surface area contributed by atoms with Gasteiger partial charge < -0.3 is 15.3 Å². The van der Waals surface area contributed by atoms with Crippen LogP contribution in [0, 0.1) is 0 Å². The summed E-state index contributed by atoms with van der Waals surface area (Å²) in [4.78, 5) is 14.1. The molecule has 1 aromatic rings. The summed E-state index contributed by atoms with van der Waals surface area (Å²) in [6.07, 6.45) is 4.93. The molecule has 0 saturated carbocycles. The first-order valence-electron chi connectivity index (χ1n) is 7.99. The molecule has 3 unspecified atom stereocenters. The van der Waals surface area contributed by atoms with E-state index in [1.165, 1.54) is 25.8 Å². The summed E-state index contributed by atoms with van der Waals surface area (Å²) in [7, 11) is 0. The van der Waals surface area contributed by atoms with E-state index in [0.29, 0.717) is 12.6 Å². The first-order chi connectivity index (χ1) is 10.2. The standard InChI is InChI=1S/C17H24N2O2/c20-17(21)16(13-5-2-1-3-6-13)12-18-14-8-10-19-9-4-7-15(19)11-14/h1-3,5-6,14-16,18H,4,7-12H2,(H,20,21). The van der Waals surface area contributed by atoms with Crippen LogP contribution < -0.4 is 5.32 Å². The van der Waals surface area contributed by atoms with E-state index in [1.54, 1.807) is 0 Å². The van der Waals surface area contributed by atoms with Gasteiger partial charge in [-0.1, -0.05) is 30.3 Å². The number of carbonyl (C=O) groups is 1. The minimum atomic E-state index is -0.744. The molecule has 3 rings (SSSR count). The molecule has 114 valence electrons. The maximum Gasteiger partial charge on any atom is 0.312 e. The van der Waals surface area contributed by atoms with Crippen molar-refractivity contribution in [3.8, 4) is 0 Å². The van der Waals surface area contributed by atoms with Crippen LogP contribution in [0.5, 0.6) is 0 Å². The van der Waals surface area contributed by atoms with Gasteiger partial charge in [0.25, 0.3) is 0 Å². The molecule has 3 atom stereocenters. The minimum Gasteiger partial charge on any atom is -0.481 e. The number of carboxylic acids is 1. The van der Waals surface area contributed by atoms with Crippen LogP contribution in [0.1, 0.15) is 37.2 Å². The summed E-state index contributed by atoms with van der Waals surface area (Å²) in [6, 6.07) is 10.7. The number of piperidine rings is 1. The van der Waals surface area contributed by atoms with Gasteiger partial charge in [0.15, 0.2) is 0 Å². The van der Waals surface area contributed by atoms with Crippen molar-refractivity contribution in [2.45, 2.75) is 43.7 Å². The Morgan fingerprint density at radius 1 is 1.29 bits per heavy atom. The van der Waals surface area contributed by atoms with Gasteiger partial charge in [-0.3, -0.25) is 4.79 Å². The molecule has 0 aromatic heterocycles. The van der Waals surface area contributed by atoms with Gasteiger partial charge in [0.2, 0.25) is 0 Å². The zero-order chi connectivity index (χ0) is 14.7. The normalized spacial score (nSPS) is 27.2. The van der Waals surface area contributed by atoms with E-state index in [4.69, 9.17) is 0 Å². The van der Waals surface area contributed by atoms with E-state index in [9.17, 15) is 9.90 Å². The lowest BCUT2D eigenvalue weighted by atomic mass is 9.95. The number of nitrogens with zero attached hydrogens (tertiary/aromatic N) is 1. The maximum absolute atomic E-state index is 11.5. The quantitative estimate of drug-likeness (QED) is 0.871. The van der Waals surface area contributed by atoms with Crippen molar-refractivity contribution in [2.75, 3.05) is 19.6 Å². The summed E-state index contributed by atoms with van der Waals surface area (Å²) in [6.45, 7) is 2.93. The lowest BCUT2D eigenvalue weighted by molar-refractivity contribution is -0.138. The highest BCUT2D eigenvalue weighted by molar-refractivity contribution is 5.76. The number of hydrogen-bond donors (Lipinski definition) is 2. The van der Waals surface area contributed by atoms with Crippen molar-refractivity contribution in [1.82, 2.24) is 10.2 Å². The molecule has 0 amide bonds. The third kappa shape index (κ3) is 3.44. The molecule has 21 heavy (non-hydrogen) atoms. The molecule has 2 aliphatic rings. The van der Waals surface area contributed by atoms with Gasteiger partial charge in [0, 0.05) is 18.6 Å². The molecule has 2 heterocycles. The van der Waals surface area contributed by atoms with Crippen LogP contribution >= 0.6 is 0 Å².